The molecule has 1 heterocycles. The van der Waals surface area contributed by atoms with Crippen molar-refractivity contribution in [2.45, 2.75) is 0 Å². The Morgan fingerprint density at radius 3 is 2.60 bits per heavy atom. The van der Waals surface area contributed by atoms with Gasteiger partial charge in [-0.15, -0.1) is 0 Å². The zero-order chi connectivity index (χ0) is 14.3. The Labute approximate surface area is 119 Å². The number of pyridine rings is 1. The minimum absolute atomic E-state index is 0.0858. The summed E-state index contributed by atoms with van der Waals surface area (Å²) in [5, 5.41) is 1.47. The summed E-state index contributed by atoms with van der Waals surface area (Å²) in [5.41, 5.74) is 5.62. The number of aromatic nitrogens is 1. The first kappa shape index (κ1) is 12.7. The molecule has 0 fully saturated rings. The van der Waals surface area contributed by atoms with Gasteiger partial charge in [-0.25, -0.2) is 4.39 Å². The molecule has 0 aliphatic heterocycles. The Bertz CT molecular complexity index is 873. The van der Waals surface area contributed by atoms with E-state index in [-0.39, 0.29) is 22.1 Å². The van der Waals surface area contributed by atoms with Crippen LogP contribution in [-0.2, 0) is 0 Å². The van der Waals surface area contributed by atoms with Crippen LogP contribution in [0.1, 0.15) is 0 Å². The van der Waals surface area contributed by atoms with Crippen LogP contribution < -0.4 is 11.3 Å². The van der Waals surface area contributed by atoms with Crippen molar-refractivity contribution in [1.29, 1.82) is 0 Å². The number of hydrogen-bond acceptors (Lipinski definition) is 2. The van der Waals surface area contributed by atoms with Crippen molar-refractivity contribution in [2.24, 2.45) is 0 Å². The molecule has 0 radical (unpaired) electrons. The molecule has 20 heavy (non-hydrogen) atoms. The van der Waals surface area contributed by atoms with Gasteiger partial charge in [-0.2, -0.15) is 0 Å². The molecule has 5 heteroatoms. The van der Waals surface area contributed by atoms with Gasteiger partial charge in [-0.1, -0.05) is 29.8 Å². The van der Waals surface area contributed by atoms with E-state index in [0.29, 0.717) is 5.39 Å². The predicted octanol–water partition coefficient (Wildman–Crippen LogP) is 3.37. The van der Waals surface area contributed by atoms with Crippen LogP contribution in [0.5, 0.6) is 0 Å². The van der Waals surface area contributed by atoms with Gasteiger partial charge >= 0.3 is 0 Å². The Morgan fingerprint density at radius 1 is 1.10 bits per heavy atom. The van der Waals surface area contributed by atoms with E-state index in [9.17, 15) is 9.18 Å². The molecule has 0 aliphatic rings. The molecule has 100 valence electrons. The summed E-state index contributed by atoms with van der Waals surface area (Å²) in [6.07, 6.45) is 0. The SMILES string of the molecule is Nc1cc2ccccc2c(=O)n1-c1ccc(Cl)cc1F. The summed E-state index contributed by atoms with van der Waals surface area (Å²) in [4.78, 5) is 12.5. The number of nitrogen functional groups attached to an aromatic ring is 1. The first-order chi connectivity index (χ1) is 9.58. The first-order valence-corrected chi connectivity index (χ1v) is 6.31. The van der Waals surface area contributed by atoms with Crippen molar-refractivity contribution < 1.29 is 4.39 Å². The van der Waals surface area contributed by atoms with Crippen molar-refractivity contribution in [1.82, 2.24) is 4.57 Å². The third kappa shape index (κ3) is 1.94. The summed E-state index contributed by atoms with van der Waals surface area (Å²) in [6.45, 7) is 0. The molecule has 2 N–H and O–H groups in total. The fourth-order valence-electron chi connectivity index (χ4n) is 2.19. The largest absolute Gasteiger partial charge is 0.385 e. The lowest BCUT2D eigenvalue weighted by atomic mass is 10.1. The van der Waals surface area contributed by atoms with Gasteiger partial charge < -0.3 is 5.73 Å². The van der Waals surface area contributed by atoms with Gasteiger partial charge in [0.2, 0.25) is 0 Å². The van der Waals surface area contributed by atoms with Crippen LogP contribution in [0, 0.1) is 5.82 Å². The van der Waals surface area contributed by atoms with E-state index < -0.39 is 5.82 Å². The van der Waals surface area contributed by atoms with Gasteiger partial charge in [-0.3, -0.25) is 9.36 Å². The lowest BCUT2D eigenvalue weighted by Crippen LogP contribution is -2.22. The molecule has 1 aromatic heterocycles. The van der Waals surface area contributed by atoms with Gasteiger partial charge in [0.25, 0.3) is 5.56 Å². The molecule has 0 atom stereocenters. The summed E-state index contributed by atoms with van der Waals surface area (Å²) >= 11 is 5.72. The number of fused-ring (bicyclic) bond motifs is 1. The summed E-state index contributed by atoms with van der Waals surface area (Å²) in [7, 11) is 0. The van der Waals surface area contributed by atoms with Gasteiger partial charge in [0.15, 0.2) is 0 Å². The summed E-state index contributed by atoms with van der Waals surface area (Å²) in [6, 6.07) is 12.8. The molecule has 3 aromatic rings. The number of nitrogens with zero attached hydrogens (tertiary/aromatic N) is 1. The van der Waals surface area contributed by atoms with Crippen LogP contribution in [0.25, 0.3) is 16.5 Å². The van der Waals surface area contributed by atoms with Crippen molar-refractivity contribution in [3.8, 4) is 5.69 Å². The van der Waals surface area contributed by atoms with Gasteiger partial charge in [0, 0.05) is 10.4 Å². The lowest BCUT2D eigenvalue weighted by Gasteiger charge is -2.12. The first-order valence-electron chi connectivity index (χ1n) is 5.93. The number of nitrogens with two attached hydrogens (primary N) is 1. The molecule has 0 saturated heterocycles. The minimum atomic E-state index is -0.596. The van der Waals surface area contributed by atoms with E-state index >= 15 is 0 Å². The smallest absolute Gasteiger partial charge is 0.264 e. The fraction of sp³-hybridized carbons (Fsp3) is 0. The zero-order valence-corrected chi connectivity index (χ0v) is 11.1. The van der Waals surface area contributed by atoms with Crippen LogP contribution >= 0.6 is 11.6 Å². The van der Waals surface area contributed by atoms with E-state index in [4.69, 9.17) is 17.3 Å². The maximum atomic E-state index is 14.0. The maximum absolute atomic E-state index is 14.0. The van der Waals surface area contributed by atoms with E-state index in [0.717, 1.165) is 16.0 Å². The quantitative estimate of drug-likeness (QED) is 0.746. The van der Waals surface area contributed by atoms with Crippen LogP contribution in [0.2, 0.25) is 5.02 Å². The molecule has 3 rings (SSSR count). The van der Waals surface area contributed by atoms with E-state index in [2.05, 4.69) is 0 Å². The lowest BCUT2D eigenvalue weighted by molar-refractivity contribution is 0.617. The van der Waals surface area contributed by atoms with Crippen LogP contribution in [-0.4, -0.2) is 4.57 Å². The second kappa shape index (κ2) is 4.65. The van der Waals surface area contributed by atoms with Gasteiger partial charge in [0.05, 0.1) is 5.69 Å². The highest BCUT2D eigenvalue weighted by Gasteiger charge is 2.12. The van der Waals surface area contributed by atoms with E-state index in [1.807, 2.05) is 6.07 Å². The summed E-state index contributed by atoms with van der Waals surface area (Å²) < 4.78 is 15.1. The molecule has 0 saturated carbocycles. The molecule has 0 bridgehead atoms. The zero-order valence-electron chi connectivity index (χ0n) is 10.3. The number of hydrogen-bond donors (Lipinski definition) is 1. The van der Waals surface area contributed by atoms with E-state index in [1.165, 1.54) is 12.1 Å². The Hall–Kier alpha value is -2.33. The topological polar surface area (TPSA) is 48.0 Å². The molecule has 2 aromatic carbocycles. The van der Waals surface area contributed by atoms with Crippen molar-refractivity contribution in [3.05, 3.63) is 69.7 Å². The Morgan fingerprint density at radius 2 is 1.85 bits per heavy atom. The van der Waals surface area contributed by atoms with Crippen molar-refractivity contribution in [3.63, 3.8) is 0 Å². The van der Waals surface area contributed by atoms with Gasteiger partial charge in [0.1, 0.15) is 11.6 Å². The monoisotopic (exact) mass is 288 g/mol. The molecular formula is C15H10ClFN2O. The fourth-order valence-corrected chi connectivity index (χ4v) is 2.35. The molecule has 0 spiro atoms. The number of anilines is 1. The third-order valence-corrected chi connectivity index (χ3v) is 3.34. The third-order valence-electron chi connectivity index (χ3n) is 3.11. The molecule has 0 aliphatic carbocycles. The minimum Gasteiger partial charge on any atom is -0.385 e. The molecule has 0 unspecified atom stereocenters. The predicted molar refractivity (Wildman–Crippen MR) is 78.9 cm³/mol. The Kier molecular flexibility index (Phi) is 2.95. The van der Waals surface area contributed by atoms with Gasteiger partial charge in [-0.05, 0) is 35.7 Å². The Balaban J connectivity index is 2.39. The second-order valence-corrected chi connectivity index (χ2v) is 4.83. The second-order valence-electron chi connectivity index (χ2n) is 4.39. The average molecular weight is 289 g/mol. The number of halogens is 2. The van der Waals surface area contributed by atoms with Crippen LogP contribution in [0.4, 0.5) is 10.2 Å². The summed E-state index contributed by atoms with van der Waals surface area (Å²) in [5.74, 6) is -0.420. The van der Waals surface area contributed by atoms with Crippen molar-refractivity contribution in [2.75, 3.05) is 5.73 Å². The highest BCUT2D eigenvalue weighted by Crippen LogP contribution is 2.21. The normalized spacial score (nSPS) is 10.9. The molecular weight excluding hydrogens is 279 g/mol. The molecule has 0 amide bonds. The standard InChI is InChI=1S/C15H10ClFN2O/c16-10-5-6-13(12(17)8-10)19-14(18)7-9-3-1-2-4-11(9)15(19)20/h1-8H,18H2. The average Bonchev–Trinajstić information content (AvgIpc) is 2.41. The highest BCUT2D eigenvalue weighted by molar-refractivity contribution is 6.30. The molecule has 3 nitrogen and oxygen atoms in total. The van der Waals surface area contributed by atoms with Crippen LogP contribution in [0.15, 0.2) is 53.3 Å². The van der Waals surface area contributed by atoms with Crippen LogP contribution in [0.3, 0.4) is 0 Å². The van der Waals surface area contributed by atoms with E-state index in [1.54, 1.807) is 24.3 Å². The highest BCUT2D eigenvalue weighted by atomic mass is 35.5. The van der Waals surface area contributed by atoms with Crippen molar-refractivity contribution >= 4 is 28.2 Å². The maximum Gasteiger partial charge on any atom is 0.264 e. The number of rotatable bonds is 1. The number of benzene rings is 2.